The van der Waals surface area contributed by atoms with Crippen LogP contribution in [0.15, 0.2) is 36.9 Å². The molecule has 0 aliphatic rings. The zero-order valence-corrected chi connectivity index (χ0v) is 9.40. The highest BCUT2D eigenvalue weighted by Crippen LogP contribution is 2.15. The Hall–Kier alpha value is -1.90. The first-order chi connectivity index (χ1) is 7.81. The standard InChI is InChI=1S/C13H15N3/c1-3-4-9-14-13-10(2)15-11-7-5-6-8-12(11)16-13/h3,5-8H,1,4,9H2,2H3,(H,14,16). The van der Waals surface area contributed by atoms with Crippen molar-refractivity contribution in [1.82, 2.24) is 9.97 Å². The van der Waals surface area contributed by atoms with Gasteiger partial charge in [-0.15, -0.1) is 6.58 Å². The Morgan fingerprint density at radius 2 is 1.94 bits per heavy atom. The molecule has 3 nitrogen and oxygen atoms in total. The van der Waals surface area contributed by atoms with Crippen molar-refractivity contribution in [3.63, 3.8) is 0 Å². The number of rotatable bonds is 4. The normalized spacial score (nSPS) is 10.3. The van der Waals surface area contributed by atoms with E-state index in [1.807, 2.05) is 37.3 Å². The second kappa shape index (κ2) is 4.75. The van der Waals surface area contributed by atoms with Gasteiger partial charge >= 0.3 is 0 Å². The Labute approximate surface area is 95.2 Å². The van der Waals surface area contributed by atoms with E-state index in [9.17, 15) is 0 Å². The van der Waals surface area contributed by atoms with E-state index in [1.165, 1.54) is 0 Å². The molecule has 0 fully saturated rings. The largest absolute Gasteiger partial charge is 0.368 e. The van der Waals surface area contributed by atoms with E-state index in [0.29, 0.717) is 0 Å². The molecule has 0 bridgehead atoms. The minimum absolute atomic E-state index is 0.845. The zero-order chi connectivity index (χ0) is 11.4. The molecule has 1 aromatic carbocycles. The number of benzene rings is 1. The molecule has 0 aliphatic carbocycles. The van der Waals surface area contributed by atoms with Gasteiger partial charge in [0.05, 0.1) is 16.7 Å². The van der Waals surface area contributed by atoms with E-state index in [2.05, 4.69) is 21.9 Å². The van der Waals surface area contributed by atoms with Gasteiger partial charge in [0, 0.05) is 6.54 Å². The number of nitrogens with zero attached hydrogens (tertiary/aromatic N) is 2. The van der Waals surface area contributed by atoms with Crippen LogP contribution in [0.5, 0.6) is 0 Å². The lowest BCUT2D eigenvalue weighted by Gasteiger charge is -2.07. The number of hydrogen-bond acceptors (Lipinski definition) is 3. The molecule has 0 spiro atoms. The first-order valence-electron chi connectivity index (χ1n) is 5.39. The van der Waals surface area contributed by atoms with E-state index in [-0.39, 0.29) is 0 Å². The maximum absolute atomic E-state index is 4.54. The van der Waals surface area contributed by atoms with E-state index in [0.717, 1.165) is 35.5 Å². The van der Waals surface area contributed by atoms with Crippen molar-refractivity contribution in [2.24, 2.45) is 0 Å². The topological polar surface area (TPSA) is 37.8 Å². The van der Waals surface area contributed by atoms with Gasteiger partial charge < -0.3 is 5.32 Å². The fraction of sp³-hybridized carbons (Fsp3) is 0.231. The highest BCUT2D eigenvalue weighted by atomic mass is 15.0. The van der Waals surface area contributed by atoms with Crippen molar-refractivity contribution in [3.05, 3.63) is 42.6 Å². The summed E-state index contributed by atoms with van der Waals surface area (Å²) in [5.74, 6) is 0.862. The average Bonchev–Trinajstić information content (AvgIpc) is 2.30. The van der Waals surface area contributed by atoms with Gasteiger partial charge in [-0.2, -0.15) is 0 Å². The number of fused-ring (bicyclic) bond motifs is 1. The van der Waals surface area contributed by atoms with Crippen molar-refractivity contribution in [3.8, 4) is 0 Å². The minimum atomic E-state index is 0.845. The van der Waals surface area contributed by atoms with Crippen LogP contribution >= 0.6 is 0 Å². The molecule has 0 atom stereocenters. The molecule has 0 radical (unpaired) electrons. The summed E-state index contributed by atoms with van der Waals surface area (Å²) in [7, 11) is 0. The van der Waals surface area contributed by atoms with Gasteiger partial charge in [-0.05, 0) is 25.5 Å². The summed E-state index contributed by atoms with van der Waals surface area (Å²) in [5.41, 5.74) is 2.80. The monoisotopic (exact) mass is 213 g/mol. The molecule has 3 heteroatoms. The highest BCUT2D eigenvalue weighted by Gasteiger charge is 2.03. The third-order valence-corrected chi connectivity index (χ3v) is 2.39. The Bertz CT molecular complexity index is 506. The van der Waals surface area contributed by atoms with Crippen molar-refractivity contribution in [1.29, 1.82) is 0 Å². The van der Waals surface area contributed by atoms with Crippen LogP contribution < -0.4 is 5.32 Å². The predicted octanol–water partition coefficient (Wildman–Crippen LogP) is 2.93. The average molecular weight is 213 g/mol. The van der Waals surface area contributed by atoms with Crippen LogP contribution in [0, 0.1) is 6.92 Å². The van der Waals surface area contributed by atoms with Gasteiger partial charge in [-0.1, -0.05) is 18.2 Å². The third kappa shape index (κ3) is 2.19. The van der Waals surface area contributed by atoms with Gasteiger partial charge in [0.1, 0.15) is 5.82 Å². The summed E-state index contributed by atoms with van der Waals surface area (Å²) in [4.78, 5) is 9.04. The summed E-state index contributed by atoms with van der Waals surface area (Å²) in [6.45, 7) is 6.50. The fourth-order valence-corrected chi connectivity index (χ4v) is 1.55. The number of aryl methyl sites for hydroxylation is 1. The molecule has 2 rings (SSSR count). The number of anilines is 1. The Morgan fingerprint density at radius 3 is 2.62 bits per heavy atom. The van der Waals surface area contributed by atoms with Crippen LogP contribution in [0.2, 0.25) is 0 Å². The molecule has 1 N–H and O–H groups in total. The SMILES string of the molecule is C=CCCNc1nc2ccccc2nc1C. The second-order valence-corrected chi connectivity index (χ2v) is 3.65. The molecule has 1 heterocycles. The predicted molar refractivity (Wildman–Crippen MR) is 67.6 cm³/mol. The van der Waals surface area contributed by atoms with E-state index < -0.39 is 0 Å². The van der Waals surface area contributed by atoms with Crippen molar-refractivity contribution in [2.45, 2.75) is 13.3 Å². The molecule has 0 amide bonds. The van der Waals surface area contributed by atoms with Gasteiger partial charge in [-0.3, -0.25) is 0 Å². The Balaban J connectivity index is 2.30. The summed E-state index contributed by atoms with van der Waals surface area (Å²) in [6.07, 6.45) is 2.81. The van der Waals surface area contributed by atoms with Crippen molar-refractivity contribution in [2.75, 3.05) is 11.9 Å². The number of para-hydroxylation sites is 2. The lowest BCUT2D eigenvalue weighted by atomic mass is 10.3. The first-order valence-corrected chi connectivity index (χ1v) is 5.39. The molecule has 1 aromatic heterocycles. The van der Waals surface area contributed by atoms with Crippen LogP contribution in [0.3, 0.4) is 0 Å². The lowest BCUT2D eigenvalue weighted by molar-refractivity contribution is 1.03. The second-order valence-electron chi connectivity index (χ2n) is 3.65. The molecular weight excluding hydrogens is 198 g/mol. The number of aromatic nitrogens is 2. The Morgan fingerprint density at radius 1 is 1.25 bits per heavy atom. The molecule has 82 valence electrons. The van der Waals surface area contributed by atoms with Crippen LogP contribution in [0.1, 0.15) is 12.1 Å². The quantitative estimate of drug-likeness (QED) is 0.626. The van der Waals surface area contributed by atoms with E-state index in [4.69, 9.17) is 0 Å². The van der Waals surface area contributed by atoms with Crippen molar-refractivity contribution < 1.29 is 0 Å². The zero-order valence-electron chi connectivity index (χ0n) is 9.40. The summed E-state index contributed by atoms with van der Waals surface area (Å²) >= 11 is 0. The summed E-state index contributed by atoms with van der Waals surface area (Å²) in [5, 5.41) is 3.26. The minimum Gasteiger partial charge on any atom is -0.368 e. The number of hydrogen-bond donors (Lipinski definition) is 1. The lowest BCUT2D eigenvalue weighted by Crippen LogP contribution is -2.05. The van der Waals surface area contributed by atoms with E-state index >= 15 is 0 Å². The maximum Gasteiger partial charge on any atom is 0.148 e. The van der Waals surface area contributed by atoms with E-state index in [1.54, 1.807) is 0 Å². The Kier molecular flexibility index (Phi) is 3.15. The molecule has 0 saturated carbocycles. The summed E-state index contributed by atoms with van der Waals surface area (Å²) < 4.78 is 0. The maximum atomic E-state index is 4.54. The van der Waals surface area contributed by atoms with Crippen molar-refractivity contribution >= 4 is 16.9 Å². The fourth-order valence-electron chi connectivity index (χ4n) is 1.55. The van der Waals surface area contributed by atoms with Crippen LogP contribution in [0.25, 0.3) is 11.0 Å². The summed E-state index contributed by atoms with van der Waals surface area (Å²) in [6, 6.07) is 7.89. The molecule has 16 heavy (non-hydrogen) atoms. The molecule has 0 unspecified atom stereocenters. The van der Waals surface area contributed by atoms with Crippen LogP contribution in [-0.2, 0) is 0 Å². The van der Waals surface area contributed by atoms with Gasteiger partial charge in [0.15, 0.2) is 0 Å². The number of nitrogens with one attached hydrogen (secondary N) is 1. The van der Waals surface area contributed by atoms with Gasteiger partial charge in [0.25, 0.3) is 0 Å². The smallest absolute Gasteiger partial charge is 0.148 e. The highest BCUT2D eigenvalue weighted by molar-refractivity contribution is 5.76. The molecular formula is C13H15N3. The van der Waals surface area contributed by atoms with Gasteiger partial charge in [-0.25, -0.2) is 9.97 Å². The molecule has 0 aliphatic heterocycles. The molecule has 0 saturated heterocycles. The van der Waals surface area contributed by atoms with Crippen LogP contribution in [0.4, 0.5) is 5.82 Å². The molecule has 2 aromatic rings. The van der Waals surface area contributed by atoms with Crippen LogP contribution in [-0.4, -0.2) is 16.5 Å². The van der Waals surface area contributed by atoms with Gasteiger partial charge in [0.2, 0.25) is 0 Å². The third-order valence-electron chi connectivity index (χ3n) is 2.39. The first kappa shape index (κ1) is 10.6.